The maximum atomic E-state index is 4.29. The molecule has 0 atom stereocenters. The van der Waals surface area contributed by atoms with E-state index in [0.29, 0.717) is 0 Å². The molecule has 1 heterocycles. The van der Waals surface area contributed by atoms with E-state index in [2.05, 4.69) is 71.6 Å². The third-order valence-electron chi connectivity index (χ3n) is 3.41. The number of nitrogens with one attached hydrogen (secondary N) is 2. The Kier molecular flexibility index (Phi) is 5.72. The van der Waals surface area contributed by atoms with E-state index in [9.17, 15) is 0 Å². The zero-order valence-electron chi connectivity index (χ0n) is 13.8. The summed E-state index contributed by atoms with van der Waals surface area (Å²) in [4.78, 5) is 10.7. The first-order valence-corrected chi connectivity index (χ1v) is 7.59. The zero-order valence-corrected chi connectivity index (χ0v) is 13.8. The van der Waals surface area contributed by atoms with Gasteiger partial charge in [-0.1, -0.05) is 12.1 Å². The molecule has 5 heteroatoms. The summed E-state index contributed by atoms with van der Waals surface area (Å²) in [5.41, 5.74) is 3.51. The Balaban J connectivity index is 1.97. The van der Waals surface area contributed by atoms with Crippen molar-refractivity contribution >= 4 is 17.3 Å². The fraction of sp³-hybridized carbons (Fsp3) is 0.412. The molecule has 5 nitrogen and oxygen atoms in total. The van der Waals surface area contributed by atoms with Crippen molar-refractivity contribution in [2.75, 3.05) is 37.8 Å². The molecule has 118 valence electrons. The van der Waals surface area contributed by atoms with Crippen molar-refractivity contribution in [2.24, 2.45) is 0 Å². The van der Waals surface area contributed by atoms with Crippen molar-refractivity contribution in [1.29, 1.82) is 0 Å². The lowest BCUT2D eigenvalue weighted by Gasteiger charge is -2.12. The number of nitrogens with zero attached hydrogens (tertiary/aromatic N) is 3. The lowest BCUT2D eigenvalue weighted by Crippen LogP contribution is -2.16. The smallest absolute Gasteiger partial charge is 0.135 e. The normalized spacial score (nSPS) is 10.8. The van der Waals surface area contributed by atoms with Gasteiger partial charge in [-0.2, -0.15) is 0 Å². The maximum Gasteiger partial charge on any atom is 0.135 e. The predicted octanol–water partition coefficient (Wildman–Crippen LogP) is 3.20. The highest BCUT2D eigenvalue weighted by atomic mass is 15.1. The van der Waals surface area contributed by atoms with Crippen LogP contribution in [0.1, 0.15) is 17.5 Å². The van der Waals surface area contributed by atoms with Crippen LogP contribution in [0.5, 0.6) is 0 Å². The van der Waals surface area contributed by atoms with Gasteiger partial charge in [0.05, 0.1) is 0 Å². The van der Waals surface area contributed by atoms with Crippen LogP contribution >= 0.6 is 0 Å². The molecule has 0 aliphatic carbocycles. The second-order valence-electron chi connectivity index (χ2n) is 5.82. The molecular formula is C17H25N5. The monoisotopic (exact) mass is 299 g/mol. The fourth-order valence-corrected chi connectivity index (χ4v) is 2.14. The van der Waals surface area contributed by atoms with Gasteiger partial charge in [0.2, 0.25) is 0 Å². The second-order valence-corrected chi connectivity index (χ2v) is 5.82. The quantitative estimate of drug-likeness (QED) is 0.769. The predicted molar refractivity (Wildman–Crippen MR) is 92.9 cm³/mol. The van der Waals surface area contributed by atoms with E-state index in [-0.39, 0.29) is 0 Å². The first kappa shape index (κ1) is 16.2. The van der Waals surface area contributed by atoms with Crippen LogP contribution in [-0.4, -0.2) is 42.1 Å². The Hall–Kier alpha value is -2.14. The molecule has 0 saturated carbocycles. The minimum absolute atomic E-state index is 0.804. The standard InChI is InChI=1S/C17H25N5/c1-13-6-7-14(2)15(10-13)21-17-11-16(19-12-20-17)18-8-5-9-22(3)4/h6-7,10-12H,5,8-9H2,1-4H3,(H2,18,19,20,21). The Bertz CT molecular complexity index is 610. The van der Waals surface area contributed by atoms with Gasteiger partial charge in [-0.25, -0.2) is 9.97 Å². The van der Waals surface area contributed by atoms with Crippen molar-refractivity contribution in [2.45, 2.75) is 20.3 Å². The summed E-state index contributed by atoms with van der Waals surface area (Å²) >= 11 is 0. The molecule has 22 heavy (non-hydrogen) atoms. The van der Waals surface area contributed by atoms with Gasteiger partial charge in [0.25, 0.3) is 0 Å². The number of aryl methyl sites for hydroxylation is 2. The highest BCUT2D eigenvalue weighted by molar-refractivity contribution is 5.62. The van der Waals surface area contributed by atoms with Gasteiger partial charge in [0.15, 0.2) is 0 Å². The van der Waals surface area contributed by atoms with Crippen molar-refractivity contribution in [3.63, 3.8) is 0 Å². The van der Waals surface area contributed by atoms with Gasteiger partial charge in [-0.3, -0.25) is 0 Å². The molecule has 1 aromatic carbocycles. The molecule has 0 radical (unpaired) electrons. The lowest BCUT2D eigenvalue weighted by molar-refractivity contribution is 0.405. The summed E-state index contributed by atoms with van der Waals surface area (Å²) in [5.74, 6) is 1.65. The molecule has 1 aromatic heterocycles. The molecule has 0 unspecified atom stereocenters. The Morgan fingerprint density at radius 2 is 1.82 bits per heavy atom. The van der Waals surface area contributed by atoms with E-state index >= 15 is 0 Å². The summed E-state index contributed by atoms with van der Waals surface area (Å²) in [5, 5.41) is 6.70. The zero-order chi connectivity index (χ0) is 15.9. The highest BCUT2D eigenvalue weighted by Crippen LogP contribution is 2.21. The average Bonchev–Trinajstić information content (AvgIpc) is 2.48. The Morgan fingerprint density at radius 3 is 2.59 bits per heavy atom. The van der Waals surface area contributed by atoms with E-state index in [4.69, 9.17) is 0 Å². The van der Waals surface area contributed by atoms with Gasteiger partial charge in [0, 0.05) is 18.3 Å². The number of rotatable bonds is 7. The molecule has 0 aliphatic heterocycles. The van der Waals surface area contributed by atoms with Crippen LogP contribution in [0, 0.1) is 13.8 Å². The molecule has 0 saturated heterocycles. The van der Waals surface area contributed by atoms with Crippen molar-refractivity contribution in [1.82, 2.24) is 14.9 Å². The van der Waals surface area contributed by atoms with Gasteiger partial charge in [-0.05, 0) is 58.1 Å². The second kappa shape index (κ2) is 7.75. The third-order valence-corrected chi connectivity index (χ3v) is 3.41. The van der Waals surface area contributed by atoms with Gasteiger partial charge < -0.3 is 15.5 Å². The van der Waals surface area contributed by atoms with Crippen LogP contribution < -0.4 is 10.6 Å². The first-order chi connectivity index (χ1) is 10.5. The number of hydrogen-bond acceptors (Lipinski definition) is 5. The molecule has 0 fully saturated rings. The molecule has 2 rings (SSSR count). The van der Waals surface area contributed by atoms with Crippen LogP contribution in [-0.2, 0) is 0 Å². The van der Waals surface area contributed by atoms with E-state index in [1.54, 1.807) is 6.33 Å². The number of aromatic nitrogens is 2. The number of anilines is 3. The van der Waals surface area contributed by atoms with E-state index in [1.165, 1.54) is 11.1 Å². The molecule has 2 aromatic rings. The van der Waals surface area contributed by atoms with E-state index in [1.807, 2.05) is 6.07 Å². The Morgan fingerprint density at radius 1 is 1.05 bits per heavy atom. The summed E-state index contributed by atoms with van der Waals surface area (Å²) < 4.78 is 0. The first-order valence-electron chi connectivity index (χ1n) is 7.59. The van der Waals surface area contributed by atoms with Crippen molar-refractivity contribution in [3.05, 3.63) is 41.7 Å². The summed E-state index contributed by atoms with van der Waals surface area (Å²) in [7, 11) is 4.16. The van der Waals surface area contributed by atoms with Crippen LogP contribution in [0.3, 0.4) is 0 Å². The van der Waals surface area contributed by atoms with Crippen LogP contribution in [0.2, 0.25) is 0 Å². The summed E-state index contributed by atoms with van der Waals surface area (Å²) in [6, 6.07) is 8.29. The maximum absolute atomic E-state index is 4.29. The molecule has 0 bridgehead atoms. The molecular weight excluding hydrogens is 274 g/mol. The summed E-state index contributed by atoms with van der Waals surface area (Å²) in [6.45, 7) is 6.13. The topological polar surface area (TPSA) is 53.1 Å². The van der Waals surface area contributed by atoms with Crippen LogP contribution in [0.15, 0.2) is 30.6 Å². The third kappa shape index (κ3) is 5.00. The van der Waals surface area contributed by atoms with Crippen LogP contribution in [0.25, 0.3) is 0 Å². The molecule has 2 N–H and O–H groups in total. The average molecular weight is 299 g/mol. The minimum Gasteiger partial charge on any atom is -0.370 e. The minimum atomic E-state index is 0.804. The Labute approximate surface area is 132 Å². The number of hydrogen-bond donors (Lipinski definition) is 2. The van der Waals surface area contributed by atoms with Gasteiger partial charge in [0.1, 0.15) is 18.0 Å². The fourth-order valence-electron chi connectivity index (χ4n) is 2.14. The molecule has 0 spiro atoms. The van der Waals surface area contributed by atoms with Gasteiger partial charge >= 0.3 is 0 Å². The van der Waals surface area contributed by atoms with Crippen molar-refractivity contribution in [3.8, 4) is 0 Å². The SMILES string of the molecule is Cc1ccc(C)c(Nc2cc(NCCCN(C)C)ncn2)c1. The highest BCUT2D eigenvalue weighted by Gasteiger charge is 2.02. The largest absolute Gasteiger partial charge is 0.370 e. The van der Waals surface area contributed by atoms with E-state index < -0.39 is 0 Å². The lowest BCUT2D eigenvalue weighted by atomic mass is 10.1. The van der Waals surface area contributed by atoms with Crippen molar-refractivity contribution < 1.29 is 0 Å². The summed E-state index contributed by atoms with van der Waals surface area (Å²) in [6.07, 6.45) is 2.67. The van der Waals surface area contributed by atoms with E-state index in [0.717, 1.165) is 36.8 Å². The van der Waals surface area contributed by atoms with Gasteiger partial charge in [-0.15, -0.1) is 0 Å². The molecule has 0 amide bonds. The number of benzene rings is 1. The van der Waals surface area contributed by atoms with Crippen LogP contribution in [0.4, 0.5) is 17.3 Å². The molecule has 0 aliphatic rings.